The summed E-state index contributed by atoms with van der Waals surface area (Å²) in [6, 6.07) is 11.0. The van der Waals surface area contributed by atoms with Gasteiger partial charge in [0.2, 0.25) is 10.0 Å². The van der Waals surface area contributed by atoms with Gasteiger partial charge in [0, 0.05) is 39.3 Å². The molecular weight excluding hydrogens is 378 g/mol. The maximum absolute atomic E-state index is 12.9. The molecule has 0 aliphatic carbocycles. The van der Waals surface area contributed by atoms with Crippen LogP contribution in [-0.4, -0.2) is 75.4 Å². The number of aromatic nitrogens is 2. The van der Waals surface area contributed by atoms with Crippen LogP contribution in [0.4, 0.5) is 11.6 Å². The Hall–Kier alpha value is -2.23. The van der Waals surface area contributed by atoms with Crippen LogP contribution >= 0.6 is 0 Å². The van der Waals surface area contributed by atoms with E-state index in [1.54, 1.807) is 22.5 Å². The monoisotopic (exact) mass is 403 g/mol. The van der Waals surface area contributed by atoms with Gasteiger partial charge in [-0.1, -0.05) is 12.1 Å². The number of morpholine rings is 1. The zero-order valence-corrected chi connectivity index (χ0v) is 16.8. The molecule has 0 unspecified atom stereocenters. The van der Waals surface area contributed by atoms with Crippen LogP contribution in [0.5, 0.6) is 0 Å². The molecule has 0 N–H and O–H groups in total. The van der Waals surface area contributed by atoms with Crippen LogP contribution in [0.25, 0.3) is 0 Å². The van der Waals surface area contributed by atoms with Gasteiger partial charge in [-0.2, -0.15) is 4.31 Å². The highest BCUT2D eigenvalue weighted by Crippen LogP contribution is 2.21. The first-order valence-electron chi connectivity index (χ1n) is 9.52. The highest BCUT2D eigenvalue weighted by molar-refractivity contribution is 7.89. The maximum Gasteiger partial charge on any atom is 0.243 e. The smallest absolute Gasteiger partial charge is 0.243 e. The molecule has 1 aromatic carbocycles. The minimum absolute atomic E-state index is 0.357. The van der Waals surface area contributed by atoms with E-state index in [0.717, 1.165) is 30.3 Å². The number of aryl methyl sites for hydroxylation is 1. The standard InChI is InChI=1S/C19H25N5O3S/c1-16-3-2-4-17(15-16)28(25,26)24-9-7-22(8-10-24)18-5-6-19(21-20-18)23-11-13-27-14-12-23/h2-6,15H,7-14H2,1H3. The molecule has 0 atom stereocenters. The predicted molar refractivity (Wildman–Crippen MR) is 107 cm³/mol. The maximum atomic E-state index is 12.9. The number of ether oxygens (including phenoxy) is 1. The second kappa shape index (κ2) is 8.02. The van der Waals surface area contributed by atoms with Crippen molar-refractivity contribution in [2.75, 3.05) is 62.3 Å². The molecule has 0 radical (unpaired) electrons. The van der Waals surface area contributed by atoms with E-state index in [0.29, 0.717) is 44.3 Å². The molecule has 3 heterocycles. The summed E-state index contributed by atoms with van der Waals surface area (Å²) < 4.78 is 32.6. The molecule has 1 aromatic heterocycles. The van der Waals surface area contributed by atoms with Crippen molar-refractivity contribution in [3.63, 3.8) is 0 Å². The first kappa shape index (κ1) is 19.1. The molecule has 0 spiro atoms. The lowest BCUT2D eigenvalue weighted by Gasteiger charge is -2.34. The molecule has 2 aliphatic heterocycles. The predicted octanol–water partition coefficient (Wildman–Crippen LogP) is 1.13. The van der Waals surface area contributed by atoms with E-state index in [1.165, 1.54) is 0 Å². The Morgan fingerprint density at radius 1 is 0.857 bits per heavy atom. The highest BCUT2D eigenvalue weighted by atomic mass is 32.2. The largest absolute Gasteiger partial charge is 0.378 e. The molecule has 150 valence electrons. The Balaban J connectivity index is 1.40. The lowest BCUT2D eigenvalue weighted by molar-refractivity contribution is 0.122. The van der Waals surface area contributed by atoms with Crippen molar-refractivity contribution in [3.05, 3.63) is 42.0 Å². The third-order valence-electron chi connectivity index (χ3n) is 5.16. The van der Waals surface area contributed by atoms with Crippen LogP contribution in [0.2, 0.25) is 0 Å². The Kier molecular flexibility index (Phi) is 5.47. The number of anilines is 2. The Morgan fingerprint density at radius 2 is 1.46 bits per heavy atom. The van der Waals surface area contributed by atoms with Crippen molar-refractivity contribution in [2.45, 2.75) is 11.8 Å². The molecule has 4 rings (SSSR count). The fourth-order valence-corrected chi connectivity index (χ4v) is 5.06. The number of rotatable bonds is 4. The summed E-state index contributed by atoms with van der Waals surface area (Å²) in [6.07, 6.45) is 0. The first-order chi connectivity index (χ1) is 13.5. The van der Waals surface area contributed by atoms with Crippen LogP contribution < -0.4 is 9.80 Å². The van der Waals surface area contributed by atoms with Crippen molar-refractivity contribution in [2.24, 2.45) is 0 Å². The van der Waals surface area contributed by atoms with Gasteiger partial charge in [-0.3, -0.25) is 0 Å². The average molecular weight is 404 g/mol. The Labute approximate surface area is 165 Å². The molecule has 2 fully saturated rings. The lowest BCUT2D eigenvalue weighted by atomic mass is 10.2. The molecule has 0 bridgehead atoms. The lowest BCUT2D eigenvalue weighted by Crippen LogP contribution is -2.49. The van der Waals surface area contributed by atoms with Crippen LogP contribution in [0.3, 0.4) is 0 Å². The van der Waals surface area contributed by atoms with Crippen LogP contribution in [0.1, 0.15) is 5.56 Å². The van der Waals surface area contributed by atoms with E-state index in [2.05, 4.69) is 20.0 Å². The second-order valence-corrected chi connectivity index (χ2v) is 8.99. The van der Waals surface area contributed by atoms with Crippen molar-refractivity contribution in [3.8, 4) is 0 Å². The van der Waals surface area contributed by atoms with Crippen molar-refractivity contribution < 1.29 is 13.2 Å². The van der Waals surface area contributed by atoms with E-state index in [1.807, 2.05) is 25.1 Å². The number of sulfonamides is 1. The van der Waals surface area contributed by atoms with Crippen molar-refractivity contribution in [1.82, 2.24) is 14.5 Å². The molecule has 2 aromatic rings. The molecule has 2 saturated heterocycles. The summed E-state index contributed by atoms with van der Waals surface area (Å²) in [5, 5.41) is 8.71. The number of hydrogen-bond acceptors (Lipinski definition) is 7. The number of piperazine rings is 1. The highest BCUT2D eigenvalue weighted by Gasteiger charge is 2.29. The van der Waals surface area contributed by atoms with Gasteiger partial charge in [-0.25, -0.2) is 8.42 Å². The molecule has 0 saturated carbocycles. The van der Waals surface area contributed by atoms with E-state index >= 15 is 0 Å². The van der Waals surface area contributed by atoms with Gasteiger partial charge in [0.15, 0.2) is 11.6 Å². The third kappa shape index (κ3) is 3.96. The fourth-order valence-electron chi connectivity index (χ4n) is 3.53. The zero-order valence-electron chi connectivity index (χ0n) is 16.0. The summed E-state index contributed by atoms with van der Waals surface area (Å²) in [5.74, 6) is 1.64. The molecule has 2 aliphatic rings. The van der Waals surface area contributed by atoms with Crippen LogP contribution in [0.15, 0.2) is 41.3 Å². The second-order valence-electron chi connectivity index (χ2n) is 7.06. The van der Waals surface area contributed by atoms with Gasteiger partial charge < -0.3 is 14.5 Å². The van der Waals surface area contributed by atoms with Crippen molar-refractivity contribution in [1.29, 1.82) is 0 Å². The molecule has 0 amide bonds. The molecule has 8 nitrogen and oxygen atoms in total. The van der Waals surface area contributed by atoms with Gasteiger partial charge in [-0.15, -0.1) is 10.2 Å². The topological polar surface area (TPSA) is 78.9 Å². The summed E-state index contributed by atoms with van der Waals surface area (Å²) in [7, 11) is -3.46. The van der Waals surface area contributed by atoms with E-state index in [4.69, 9.17) is 4.74 Å². The van der Waals surface area contributed by atoms with Crippen LogP contribution in [0, 0.1) is 6.92 Å². The van der Waals surface area contributed by atoms with Crippen molar-refractivity contribution >= 4 is 21.7 Å². The fraction of sp³-hybridized carbons (Fsp3) is 0.474. The summed E-state index contributed by atoms with van der Waals surface area (Å²) in [4.78, 5) is 4.60. The SMILES string of the molecule is Cc1cccc(S(=O)(=O)N2CCN(c3ccc(N4CCOCC4)nn3)CC2)c1. The Morgan fingerprint density at radius 3 is 2.04 bits per heavy atom. The molecular formula is C19H25N5O3S. The number of hydrogen-bond donors (Lipinski definition) is 0. The Bertz CT molecular complexity index is 905. The average Bonchev–Trinajstić information content (AvgIpc) is 2.75. The molecule has 28 heavy (non-hydrogen) atoms. The summed E-state index contributed by atoms with van der Waals surface area (Å²) in [6.45, 7) is 7.02. The van der Waals surface area contributed by atoms with E-state index in [-0.39, 0.29) is 0 Å². The summed E-state index contributed by atoms with van der Waals surface area (Å²) in [5.41, 5.74) is 0.940. The minimum atomic E-state index is -3.46. The first-order valence-corrected chi connectivity index (χ1v) is 11.0. The van der Waals surface area contributed by atoms with E-state index in [9.17, 15) is 8.42 Å². The van der Waals surface area contributed by atoms with Gasteiger partial charge >= 0.3 is 0 Å². The van der Waals surface area contributed by atoms with Crippen LogP contribution in [-0.2, 0) is 14.8 Å². The zero-order chi connectivity index (χ0) is 19.6. The van der Waals surface area contributed by atoms with Gasteiger partial charge in [-0.05, 0) is 36.8 Å². The normalized spacial score (nSPS) is 19.0. The van der Waals surface area contributed by atoms with Gasteiger partial charge in [0.25, 0.3) is 0 Å². The van der Waals surface area contributed by atoms with Gasteiger partial charge in [0.1, 0.15) is 0 Å². The summed E-state index contributed by atoms with van der Waals surface area (Å²) >= 11 is 0. The third-order valence-corrected chi connectivity index (χ3v) is 7.06. The van der Waals surface area contributed by atoms with Gasteiger partial charge in [0.05, 0.1) is 18.1 Å². The minimum Gasteiger partial charge on any atom is -0.378 e. The number of nitrogens with zero attached hydrogens (tertiary/aromatic N) is 5. The quantitative estimate of drug-likeness (QED) is 0.757. The molecule has 9 heteroatoms. The number of benzene rings is 1. The van der Waals surface area contributed by atoms with E-state index < -0.39 is 10.0 Å².